The molecule has 2 rings (SSSR count). The van der Waals surface area contributed by atoms with E-state index in [2.05, 4.69) is 19.2 Å². The third-order valence-electron chi connectivity index (χ3n) is 2.62. The second-order valence-corrected chi connectivity index (χ2v) is 3.86. The van der Waals surface area contributed by atoms with Crippen LogP contribution < -0.4 is 5.32 Å². The number of anilines is 1. The standard InChI is InChI=1S/C11H15NO/c1-7(2)8-3-4-10(13)9-5-6-12-11(8)9/h3-4,7,12-13H,5-6H2,1-2H3. The molecule has 0 aliphatic carbocycles. The predicted molar refractivity (Wildman–Crippen MR) is 54.4 cm³/mol. The third-order valence-corrected chi connectivity index (χ3v) is 2.62. The predicted octanol–water partition coefficient (Wildman–Crippen LogP) is 2.48. The van der Waals surface area contributed by atoms with Crippen molar-refractivity contribution in [1.29, 1.82) is 0 Å². The molecule has 2 nitrogen and oxygen atoms in total. The number of benzene rings is 1. The van der Waals surface area contributed by atoms with Crippen molar-refractivity contribution in [2.45, 2.75) is 26.2 Å². The Morgan fingerprint density at radius 2 is 2.15 bits per heavy atom. The summed E-state index contributed by atoms with van der Waals surface area (Å²) in [5.74, 6) is 0.948. The Kier molecular flexibility index (Phi) is 1.91. The summed E-state index contributed by atoms with van der Waals surface area (Å²) in [4.78, 5) is 0. The van der Waals surface area contributed by atoms with E-state index in [-0.39, 0.29) is 0 Å². The zero-order valence-corrected chi connectivity index (χ0v) is 8.09. The lowest BCUT2D eigenvalue weighted by atomic mass is 9.98. The van der Waals surface area contributed by atoms with Gasteiger partial charge in [-0.15, -0.1) is 0 Å². The van der Waals surface area contributed by atoms with Crippen LogP contribution in [0.4, 0.5) is 5.69 Å². The van der Waals surface area contributed by atoms with E-state index in [1.165, 1.54) is 5.56 Å². The molecule has 0 amide bonds. The third kappa shape index (κ3) is 1.26. The van der Waals surface area contributed by atoms with Gasteiger partial charge in [0.05, 0.1) is 0 Å². The fourth-order valence-corrected chi connectivity index (χ4v) is 1.91. The van der Waals surface area contributed by atoms with Crippen LogP contribution >= 0.6 is 0 Å². The lowest BCUT2D eigenvalue weighted by Crippen LogP contribution is -1.97. The first-order valence-corrected chi connectivity index (χ1v) is 4.78. The largest absolute Gasteiger partial charge is 0.508 e. The van der Waals surface area contributed by atoms with E-state index < -0.39 is 0 Å². The summed E-state index contributed by atoms with van der Waals surface area (Å²) in [5, 5.41) is 12.9. The van der Waals surface area contributed by atoms with E-state index in [4.69, 9.17) is 0 Å². The van der Waals surface area contributed by atoms with Crippen LogP contribution in [0.2, 0.25) is 0 Å². The van der Waals surface area contributed by atoms with Crippen LogP contribution in [0.3, 0.4) is 0 Å². The number of hydrogen-bond acceptors (Lipinski definition) is 2. The minimum absolute atomic E-state index is 0.435. The minimum Gasteiger partial charge on any atom is -0.508 e. The van der Waals surface area contributed by atoms with Crippen molar-refractivity contribution >= 4 is 5.69 Å². The molecule has 0 unspecified atom stereocenters. The van der Waals surface area contributed by atoms with Crippen molar-refractivity contribution in [3.8, 4) is 5.75 Å². The Morgan fingerprint density at radius 1 is 1.38 bits per heavy atom. The number of aromatic hydroxyl groups is 1. The normalized spacial score (nSPS) is 14.4. The Balaban J connectivity index is 2.56. The summed E-state index contributed by atoms with van der Waals surface area (Å²) in [6.45, 7) is 5.30. The molecule has 2 N–H and O–H groups in total. The van der Waals surface area contributed by atoms with E-state index in [1.807, 2.05) is 6.07 Å². The smallest absolute Gasteiger partial charge is 0.120 e. The molecule has 1 heterocycles. The number of rotatable bonds is 1. The molecule has 1 aliphatic heterocycles. The number of fused-ring (bicyclic) bond motifs is 1. The number of hydrogen-bond donors (Lipinski definition) is 2. The topological polar surface area (TPSA) is 32.3 Å². The molecule has 0 fully saturated rings. The van der Waals surface area contributed by atoms with E-state index >= 15 is 0 Å². The van der Waals surface area contributed by atoms with Gasteiger partial charge in [0.25, 0.3) is 0 Å². The van der Waals surface area contributed by atoms with Gasteiger partial charge in [-0.3, -0.25) is 0 Å². The van der Waals surface area contributed by atoms with Gasteiger partial charge in [-0.05, 0) is 24.0 Å². The van der Waals surface area contributed by atoms with E-state index in [9.17, 15) is 5.11 Å². The summed E-state index contributed by atoms with van der Waals surface area (Å²) < 4.78 is 0. The summed E-state index contributed by atoms with van der Waals surface area (Å²) in [5.41, 5.74) is 3.56. The number of phenolic OH excluding ortho intramolecular Hbond substituents is 1. The Morgan fingerprint density at radius 3 is 2.85 bits per heavy atom. The van der Waals surface area contributed by atoms with Crippen LogP contribution in [-0.4, -0.2) is 11.7 Å². The van der Waals surface area contributed by atoms with Gasteiger partial charge in [0.1, 0.15) is 5.75 Å². The average molecular weight is 177 g/mol. The molecule has 0 bridgehead atoms. The second kappa shape index (κ2) is 2.95. The van der Waals surface area contributed by atoms with Gasteiger partial charge in [0.2, 0.25) is 0 Å². The van der Waals surface area contributed by atoms with E-state index in [0.29, 0.717) is 11.7 Å². The zero-order chi connectivity index (χ0) is 9.42. The van der Waals surface area contributed by atoms with E-state index in [0.717, 1.165) is 24.2 Å². The van der Waals surface area contributed by atoms with Gasteiger partial charge >= 0.3 is 0 Å². The highest BCUT2D eigenvalue weighted by atomic mass is 16.3. The molecule has 0 spiro atoms. The molecular formula is C11H15NO. The highest BCUT2D eigenvalue weighted by molar-refractivity contribution is 5.66. The molecular weight excluding hydrogens is 162 g/mol. The lowest BCUT2D eigenvalue weighted by molar-refractivity contribution is 0.470. The molecule has 1 aliphatic rings. The molecule has 0 atom stereocenters. The van der Waals surface area contributed by atoms with Crippen molar-refractivity contribution in [2.24, 2.45) is 0 Å². The molecule has 0 radical (unpaired) electrons. The highest BCUT2D eigenvalue weighted by Gasteiger charge is 2.18. The van der Waals surface area contributed by atoms with Gasteiger partial charge in [-0.25, -0.2) is 0 Å². The maximum atomic E-state index is 9.60. The van der Waals surface area contributed by atoms with Crippen molar-refractivity contribution in [3.63, 3.8) is 0 Å². The number of phenols is 1. The van der Waals surface area contributed by atoms with Gasteiger partial charge in [0, 0.05) is 17.8 Å². The van der Waals surface area contributed by atoms with Crippen molar-refractivity contribution < 1.29 is 5.11 Å². The zero-order valence-electron chi connectivity index (χ0n) is 8.09. The SMILES string of the molecule is CC(C)c1ccc(O)c2c1NCC2. The van der Waals surface area contributed by atoms with Gasteiger partial charge in [-0.1, -0.05) is 19.9 Å². The van der Waals surface area contributed by atoms with E-state index in [1.54, 1.807) is 6.07 Å². The molecule has 13 heavy (non-hydrogen) atoms. The molecule has 70 valence electrons. The Labute approximate surface area is 78.6 Å². The van der Waals surface area contributed by atoms with Gasteiger partial charge in [0.15, 0.2) is 0 Å². The molecule has 0 aromatic heterocycles. The maximum absolute atomic E-state index is 9.60. The first-order chi connectivity index (χ1) is 6.20. The molecule has 2 heteroatoms. The fraction of sp³-hybridized carbons (Fsp3) is 0.455. The molecule has 1 aromatic carbocycles. The van der Waals surface area contributed by atoms with Crippen LogP contribution in [0.1, 0.15) is 30.9 Å². The average Bonchev–Trinajstić information content (AvgIpc) is 2.53. The quantitative estimate of drug-likeness (QED) is 0.690. The van der Waals surface area contributed by atoms with Crippen molar-refractivity contribution in [2.75, 3.05) is 11.9 Å². The first kappa shape index (κ1) is 8.42. The maximum Gasteiger partial charge on any atom is 0.120 e. The summed E-state index contributed by atoms with van der Waals surface area (Å²) in [6, 6.07) is 3.82. The fourth-order valence-electron chi connectivity index (χ4n) is 1.91. The Hall–Kier alpha value is -1.18. The van der Waals surface area contributed by atoms with Crippen LogP contribution in [0.25, 0.3) is 0 Å². The monoisotopic (exact) mass is 177 g/mol. The highest BCUT2D eigenvalue weighted by Crippen LogP contribution is 2.36. The summed E-state index contributed by atoms with van der Waals surface area (Å²) in [7, 11) is 0. The lowest BCUT2D eigenvalue weighted by Gasteiger charge is -2.12. The molecule has 0 saturated heterocycles. The minimum atomic E-state index is 0.435. The van der Waals surface area contributed by atoms with Crippen molar-refractivity contribution in [1.82, 2.24) is 0 Å². The van der Waals surface area contributed by atoms with Crippen LogP contribution in [0, 0.1) is 0 Å². The van der Waals surface area contributed by atoms with Gasteiger partial charge < -0.3 is 10.4 Å². The Bertz CT molecular complexity index is 331. The van der Waals surface area contributed by atoms with Crippen LogP contribution in [0.5, 0.6) is 5.75 Å². The van der Waals surface area contributed by atoms with Crippen molar-refractivity contribution in [3.05, 3.63) is 23.3 Å². The van der Waals surface area contributed by atoms with Crippen LogP contribution in [0.15, 0.2) is 12.1 Å². The van der Waals surface area contributed by atoms with Crippen LogP contribution in [-0.2, 0) is 6.42 Å². The van der Waals surface area contributed by atoms with Gasteiger partial charge in [-0.2, -0.15) is 0 Å². The second-order valence-electron chi connectivity index (χ2n) is 3.86. The summed E-state index contributed by atoms with van der Waals surface area (Å²) >= 11 is 0. The number of nitrogens with one attached hydrogen (secondary N) is 1. The molecule has 0 saturated carbocycles. The summed E-state index contributed by atoms with van der Waals surface area (Å²) in [6.07, 6.45) is 0.946. The first-order valence-electron chi connectivity index (χ1n) is 4.78. The molecule has 1 aromatic rings.